The van der Waals surface area contributed by atoms with Crippen LogP contribution < -0.4 is 5.32 Å². The summed E-state index contributed by atoms with van der Waals surface area (Å²) in [7, 11) is 0. The van der Waals surface area contributed by atoms with Crippen molar-refractivity contribution in [1.82, 2.24) is 0 Å². The van der Waals surface area contributed by atoms with Crippen molar-refractivity contribution >= 4 is 43.5 Å². The minimum absolute atomic E-state index is 0.107. The van der Waals surface area contributed by atoms with Crippen molar-refractivity contribution < 1.29 is 4.79 Å². The zero-order valence-electron chi connectivity index (χ0n) is 10.4. The van der Waals surface area contributed by atoms with Gasteiger partial charge in [-0.1, -0.05) is 46.3 Å². The quantitative estimate of drug-likeness (QED) is 0.751. The highest BCUT2D eigenvalue weighted by Crippen LogP contribution is 2.23. The van der Waals surface area contributed by atoms with Gasteiger partial charge in [-0.2, -0.15) is 0 Å². The first-order chi connectivity index (χ1) is 9.13. The van der Waals surface area contributed by atoms with E-state index in [4.69, 9.17) is 0 Å². The zero-order chi connectivity index (χ0) is 13.8. The van der Waals surface area contributed by atoms with E-state index in [1.165, 1.54) is 0 Å². The van der Waals surface area contributed by atoms with Crippen molar-refractivity contribution in [2.24, 2.45) is 0 Å². The van der Waals surface area contributed by atoms with Crippen molar-refractivity contribution in [3.8, 4) is 0 Å². The minimum Gasteiger partial charge on any atom is -0.322 e. The topological polar surface area (TPSA) is 29.1 Å². The third kappa shape index (κ3) is 3.25. The molecule has 2 rings (SSSR count). The Morgan fingerprint density at radius 3 is 2.63 bits per heavy atom. The summed E-state index contributed by atoms with van der Waals surface area (Å²) in [5.74, 6) is -0.107. The second-order valence-electron chi connectivity index (χ2n) is 4.18. The predicted molar refractivity (Wildman–Crippen MR) is 85.9 cm³/mol. The van der Waals surface area contributed by atoms with Crippen LogP contribution in [-0.4, -0.2) is 5.91 Å². The minimum atomic E-state index is -0.107. The van der Waals surface area contributed by atoms with Crippen LogP contribution in [0.4, 0.5) is 5.69 Å². The molecule has 0 bridgehead atoms. The Kier molecular flexibility index (Phi) is 4.77. The summed E-state index contributed by atoms with van der Waals surface area (Å²) in [5, 5.41) is 3.65. The Morgan fingerprint density at radius 2 is 1.89 bits per heavy atom. The van der Waals surface area contributed by atoms with Gasteiger partial charge in [0.15, 0.2) is 0 Å². The number of halogens is 2. The first-order valence-electron chi connectivity index (χ1n) is 5.84. The molecule has 19 heavy (non-hydrogen) atoms. The van der Waals surface area contributed by atoms with Gasteiger partial charge in [-0.05, 0) is 46.1 Å². The number of benzene rings is 2. The van der Waals surface area contributed by atoms with Crippen LogP contribution in [0.25, 0.3) is 0 Å². The molecular weight excluding hydrogens is 370 g/mol. The second-order valence-corrected chi connectivity index (χ2v) is 5.54. The Labute approximate surface area is 129 Å². The second kappa shape index (κ2) is 6.35. The van der Waals surface area contributed by atoms with E-state index in [-0.39, 0.29) is 5.91 Å². The van der Waals surface area contributed by atoms with Crippen LogP contribution in [0.1, 0.15) is 21.5 Å². The lowest BCUT2D eigenvalue weighted by Crippen LogP contribution is -2.14. The highest BCUT2D eigenvalue weighted by Gasteiger charge is 2.12. The van der Waals surface area contributed by atoms with Crippen LogP contribution in [-0.2, 0) is 5.33 Å². The summed E-state index contributed by atoms with van der Waals surface area (Å²) in [4.78, 5) is 12.3. The summed E-state index contributed by atoms with van der Waals surface area (Å²) >= 11 is 6.88. The SMILES string of the molecule is Cc1cccc(C(=O)Nc2ccccc2CBr)c1Br. The van der Waals surface area contributed by atoms with Gasteiger partial charge in [0.25, 0.3) is 5.91 Å². The van der Waals surface area contributed by atoms with E-state index in [0.29, 0.717) is 10.9 Å². The standard InChI is InChI=1S/C15H13Br2NO/c1-10-5-4-7-12(14(10)17)15(19)18-13-8-3-2-6-11(13)9-16/h2-8H,9H2,1H3,(H,18,19). The van der Waals surface area contributed by atoms with Crippen LogP contribution in [0.2, 0.25) is 0 Å². The number of hydrogen-bond acceptors (Lipinski definition) is 1. The van der Waals surface area contributed by atoms with Crippen molar-refractivity contribution in [3.05, 3.63) is 63.6 Å². The highest BCUT2D eigenvalue weighted by atomic mass is 79.9. The Morgan fingerprint density at radius 1 is 1.16 bits per heavy atom. The molecule has 0 spiro atoms. The molecule has 0 saturated carbocycles. The van der Waals surface area contributed by atoms with Gasteiger partial charge in [-0.15, -0.1) is 0 Å². The molecule has 1 amide bonds. The molecule has 0 fully saturated rings. The fraction of sp³-hybridized carbons (Fsp3) is 0.133. The number of nitrogens with one attached hydrogen (secondary N) is 1. The largest absolute Gasteiger partial charge is 0.322 e. The van der Waals surface area contributed by atoms with Crippen LogP contribution in [0.3, 0.4) is 0 Å². The molecule has 1 N–H and O–H groups in total. The molecule has 4 heteroatoms. The van der Waals surface area contributed by atoms with E-state index in [1.54, 1.807) is 0 Å². The average molecular weight is 383 g/mol. The molecule has 98 valence electrons. The first kappa shape index (κ1) is 14.3. The van der Waals surface area contributed by atoms with Crippen LogP contribution in [0.5, 0.6) is 0 Å². The lowest BCUT2D eigenvalue weighted by Gasteiger charge is -2.11. The van der Waals surface area contributed by atoms with Gasteiger partial charge in [0, 0.05) is 15.5 Å². The summed E-state index contributed by atoms with van der Waals surface area (Å²) in [5.41, 5.74) is 3.57. The number of alkyl halides is 1. The molecule has 0 unspecified atom stereocenters. The molecule has 2 nitrogen and oxygen atoms in total. The normalized spacial score (nSPS) is 10.3. The van der Waals surface area contributed by atoms with Gasteiger partial charge in [0.05, 0.1) is 5.56 Å². The lowest BCUT2D eigenvalue weighted by molar-refractivity contribution is 0.102. The molecule has 2 aromatic rings. The number of anilines is 1. The van der Waals surface area contributed by atoms with E-state index in [0.717, 1.165) is 21.3 Å². The summed E-state index contributed by atoms with van der Waals surface area (Å²) < 4.78 is 0.837. The van der Waals surface area contributed by atoms with Gasteiger partial charge >= 0.3 is 0 Å². The summed E-state index contributed by atoms with van der Waals surface area (Å²) in [6.45, 7) is 1.97. The van der Waals surface area contributed by atoms with Crippen molar-refractivity contribution in [1.29, 1.82) is 0 Å². The average Bonchev–Trinajstić information content (AvgIpc) is 2.42. The maximum absolute atomic E-state index is 12.3. The first-order valence-corrected chi connectivity index (χ1v) is 7.75. The van der Waals surface area contributed by atoms with Gasteiger partial charge in [-0.25, -0.2) is 0 Å². The van der Waals surface area contributed by atoms with Crippen LogP contribution in [0, 0.1) is 6.92 Å². The molecule has 0 aliphatic heterocycles. The molecule has 2 aromatic carbocycles. The van der Waals surface area contributed by atoms with Crippen molar-refractivity contribution in [2.75, 3.05) is 5.32 Å². The van der Waals surface area contributed by atoms with E-state index in [9.17, 15) is 4.79 Å². The predicted octanol–water partition coefficient (Wildman–Crippen LogP) is 4.90. The van der Waals surface area contributed by atoms with E-state index in [1.807, 2.05) is 49.4 Å². The maximum atomic E-state index is 12.3. The molecule has 0 radical (unpaired) electrons. The maximum Gasteiger partial charge on any atom is 0.256 e. The molecular formula is C15H13Br2NO. The molecule has 0 saturated heterocycles. The van der Waals surface area contributed by atoms with Crippen molar-refractivity contribution in [2.45, 2.75) is 12.3 Å². The summed E-state index contributed by atoms with van der Waals surface area (Å²) in [6.07, 6.45) is 0. The third-order valence-electron chi connectivity index (χ3n) is 2.85. The Hall–Kier alpha value is -1.13. The molecule has 0 heterocycles. The van der Waals surface area contributed by atoms with E-state index < -0.39 is 0 Å². The Bertz CT molecular complexity index is 611. The van der Waals surface area contributed by atoms with Gasteiger partial charge < -0.3 is 5.32 Å². The molecule has 0 aliphatic carbocycles. The number of aryl methyl sites for hydroxylation is 1. The number of carbonyl (C=O) groups excluding carboxylic acids is 1. The zero-order valence-corrected chi connectivity index (χ0v) is 13.6. The Balaban J connectivity index is 2.28. The van der Waals surface area contributed by atoms with Gasteiger partial charge in [0.1, 0.15) is 0 Å². The highest BCUT2D eigenvalue weighted by molar-refractivity contribution is 9.10. The number of amides is 1. The number of carbonyl (C=O) groups is 1. The number of hydrogen-bond donors (Lipinski definition) is 1. The van der Waals surface area contributed by atoms with E-state index in [2.05, 4.69) is 37.2 Å². The molecule has 0 aromatic heterocycles. The number of rotatable bonds is 3. The van der Waals surface area contributed by atoms with Crippen LogP contribution in [0.15, 0.2) is 46.9 Å². The smallest absolute Gasteiger partial charge is 0.256 e. The van der Waals surface area contributed by atoms with Gasteiger partial charge in [-0.3, -0.25) is 4.79 Å². The van der Waals surface area contributed by atoms with Crippen molar-refractivity contribution in [3.63, 3.8) is 0 Å². The van der Waals surface area contributed by atoms with Gasteiger partial charge in [0.2, 0.25) is 0 Å². The third-order valence-corrected chi connectivity index (χ3v) is 4.50. The number of para-hydroxylation sites is 1. The van der Waals surface area contributed by atoms with Crippen LogP contribution >= 0.6 is 31.9 Å². The lowest BCUT2D eigenvalue weighted by atomic mass is 10.1. The monoisotopic (exact) mass is 381 g/mol. The fourth-order valence-electron chi connectivity index (χ4n) is 1.77. The molecule has 0 atom stereocenters. The summed E-state index contributed by atoms with van der Waals surface area (Å²) in [6, 6.07) is 13.4. The fourth-order valence-corrected chi connectivity index (χ4v) is 2.70. The van der Waals surface area contributed by atoms with E-state index >= 15 is 0 Å². The molecule has 0 aliphatic rings.